The third-order valence-electron chi connectivity index (χ3n) is 2.90. The largest absolute Gasteiger partial charge is 0.472 e. The lowest BCUT2D eigenvalue weighted by Crippen LogP contribution is -2.50. The Balaban J connectivity index is 1.92. The average molecular weight is 210 g/mol. The molecule has 15 heavy (non-hydrogen) atoms. The van der Waals surface area contributed by atoms with Crippen molar-refractivity contribution in [2.75, 3.05) is 26.2 Å². The van der Waals surface area contributed by atoms with Crippen molar-refractivity contribution < 1.29 is 9.52 Å². The van der Waals surface area contributed by atoms with E-state index in [2.05, 4.69) is 10.2 Å². The SMILES string of the molecule is OCCC1CNCCN1Cc1ccoc1. The lowest BCUT2D eigenvalue weighted by molar-refractivity contribution is 0.123. The molecule has 0 bridgehead atoms. The number of aliphatic hydroxyl groups excluding tert-OH is 1. The van der Waals surface area contributed by atoms with Crippen LogP contribution in [0.1, 0.15) is 12.0 Å². The van der Waals surface area contributed by atoms with Gasteiger partial charge in [-0.2, -0.15) is 0 Å². The van der Waals surface area contributed by atoms with Crippen LogP contribution in [0.25, 0.3) is 0 Å². The normalized spacial score (nSPS) is 23.1. The van der Waals surface area contributed by atoms with Crippen molar-refractivity contribution in [1.29, 1.82) is 0 Å². The molecule has 2 heterocycles. The van der Waals surface area contributed by atoms with Gasteiger partial charge in [0.2, 0.25) is 0 Å². The summed E-state index contributed by atoms with van der Waals surface area (Å²) in [4.78, 5) is 2.40. The van der Waals surface area contributed by atoms with Crippen LogP contribution in [0.3, 0.4) is 0 Å². The fourth-order valence-electron chi connectivity index (χ4n) is 2.06. The fourth-order valence-corrected chi connectivity index (χ4v) is 2.06. The monoisotopic (exact) mass is 210 g/mol. The van der Waals surface area contributed by atoms with Gasteiger partial charge in [0.1, 0.15) is 0 Å². The second-order valence-electron chi connectivity index (χ2n) is 3.97. The van der Waals surface area contributed by atoms with Crippen LogP contribution >= 0.6 is 0 Å². The van der Waals surface area contributed by atoms with Gasteiger partial charge in [-0.25, -0.2) is 0 Å². The highest BCUT2D eigenvalue weighted by Crippen LogP contribution is 2.12. The highest BCUT2D eigenvalue weighted by atomic mass is 16.3. The molecule has 1 fully saturated rings. The topological polar surface area (TPSA) is 48.6 Å². The third kappa shape index (κ3) is 2.81. The number of furan rings is 1. The van der Waals surface area contributed by atoms with Crippen LogP contribution in [0.15, 0.2) is 23.0 Å². The van der Waals surface area contributed by atoms with Gasteiger partial charge in [-0.1, -0.05) is 0 Å². The van der Waals surface area contributed by atoms with Crippen molar-refractivity contribution in [3.8, 4) is 0 Å². The molecule has 0 aromatic carbocycles. The number of rotatable bonds is 4. The van der Waals surface area contributed by atoms with E-state index in [0.717, 1.165) is 32.6 Å². The van der Waals surface area contributed by atoms with Gasteiger partial charge in [0.25, 0.3) is 0 Å². The zero-order valence-electron chi connectivity index (χ0n) is 8.85. The van der Waals surface area contributed by atoms with Gasteiger partial charge in [-0.05, 0) is 12.5 Å². The molecule has 1 aromatic rings. The molecule has 2 N–H and O–H groups in total. The van der Waals surface area contributed by atoms with E-state index in [1.165, 1.54) is 5.56 Å². The van der Waals surface area contributed by atoms with Crippen LogP contribution in [0.2, 0.25) is 0 Å². The standard InChI is InChI=1S/C11H18N2O2/c14-5-1-11-7-12-3-4-13(11)8-10-2-6-15-9-10/h2,6,9,11-12,14H,1,3-5,7-8H2. The summed E-state index contributed by atoms with van der Waals surface area (Å²) in [5.74, 6) is 0. The van der Waals surface area contributed by atoms with Crippen molar-refractivity contribution in [3.05, 3.63) is 24.2 Å². The summed E-state index contributed by atoms with van der Waals surface area (Å²) < 4.78 is 5.06. The Bertz CT molecular complexity index is 272. The molecule has 4 nitrogen and oxygen atoms in total. The Labute approximate surface area is 89.9 Å². The first-order chi connectivity index (χ1) is 7.40. The van der Waals surface area contributed by atoms with Crippen LogP contribution in [-0.2, 0) is 6.54 Å². The van der Waals surface area contributed by atoms with Gasteiger partial charge in [-0.15, -0.1) is 0 Å². The predicted molar refractivity (Wildman–Crippen MR) is 57.5 cm³/mol. The van der Waals surface area contributed by atoms with Crippen molar-refractivity contribution in [1.82, 2.24) is 10.2 Å². The van der Waals surface area contributed by atoms with E-state index in [1.54, 1.807) is 12.5 Å². The summed E-state index contributed by atoms with van der Waals surface area (Å²) in [5, 5.41) is 12.3. The van der Waals surface area contributed by atoms with Crippen molar-refractivity contribution >= 4 is 0 Å². The van der Waals surface area contributed by atoms with Gasteiger partial charge in [0, 0.05) is 44.4 Å². The first kappa shape index (κ1) is 10.7. The predicted octanol–water partition coefficient (Wildman–Crippen LogP) is 0.436. The lowest BCUT2D eigenvalue weighted by Gasteiger charge is -2.35. The second kappa shape index (κ2) is 5.30. The number of nitrogens with one attached hydrogen (secondary N) is 1. The molecule has 1 unspecified atom stereocenters. The molecule has 2 rings (SSSR count). The van der Waals surface area contributed by atoms with E-state index < -0.39 is 0 Å². The minimum Gasteiger partial charge on any atom is -0.472 e. The van der Waals surface area contributed by atoms with E-state index in [0.29, 0.717) is 6.04 Å². The van der Waals surface area contributed by atoms with Crippen molar-refractivity contribution in [3.63, 3.8) is 0 Å². The summed E-state index contributed by atoms with van der Waals surface area (Å²) in [5.41, 5.74) is 1.21. The molecule has 1 atom stereocenters. The molecule has 0 radical (unpaired) electrons. The highest BCUT2D eigenvalue weighted by Gasteiger charge is 2.21. The first-order valence-electron chi connectivity index (χ1n) is 5.47. The highest BCUT2D eigenvalue weighted by molar-refractivity contribution is 5.05. The minimum atomic E-state index is 0.258. The molecule has 0 spiro atoms. The number of hydrogen-bond acceptors (Lipinski definition) is 4. The minimum absolute atomic E-state index is 0.258. The van der Waals surface area contributed by atoms with Crippen LogP contribution < -0.4 is 5.32 Å². The Morgan fingerprint density at radius 2 is 2.53 bits per heavy atom. The average Bonchev–Trinajstić information content (AvgIpc) is 2.74. The summed E-state index contributed by atoms with van der Waals surface area (Å²) in [6, 6.07) is 2.44. The maximum Gasteiger partial charge on any atom is 0.0947 e. The third-order valence-corrected chi connectivity index (χ3v) is 2.90. The van der Waals surface area contributed by atoms with E-state index >= 15 is 0 Å². The van der Waals surface area contributed by atoms with Gasteiger partial charge in [-0.3, -0.25) is 4.90 Å². The van der Waals surface area contributed by atoms with Crippen LogP contribution in [0.4, 0.5) is 0 Å². The number of nitrogens with zero attached hydrogens (tertiary/aromatic N) is 1. The Hall–Kier alpha value is -0.840. The fraction of sp³-hybridized carbons (Fsp3) is 0.636. The van der Waals surface area contributed by atoms with Crippen molar-refractivity contribution in [2.24, 2.45) is 0 Å². The molecule has 1 aliphatic rings. The molecular formula is C11H18N2O2. The van der Waals surface area contributed by atoms with Crippen molar-refractivity contribution in [2.45, 2.75) is 19.0 Å². The summed E-state index contributed by atoms with van der Waals surface area (Å²) in [7, 11) is 0. The van der Waals surface area contributed by atoms with E-state index in [9.17, 15) is 0 Å². The van der Waals surface area contributed by atoms with E-state index in [1.807, 2.05) is 6.07 Å². The second-order valence-corrected chi connectivity index (χ2v) is 3.97. The summed E-state index contributed by atoms with van der Waals surface area (Å²) >= 11 is 0. The Morgan fingerprint density at radius 3 is 3.27 bits per heavy atom. The molecule has 4 heteroatoms. The van der Waals surface area contributed by atoms with E-state index in [-0.39, 0.29) is 6.61 Å². The Morgan fingerprint density at radius 1 is 1.60 bits per heavy atom. The lowest BCUT2D eigenvalue weighted by atomic mass is 10.1. The van der Waals surface area contributed by atoms with Crippen LogP contribution in [0, 0.1) is 0 Å². The zero-order chi connectivity index (χ0) is 10.5. The maximum atomic E-state index is 8.99. The summed E-state index contributed by atoms with van der Waals surface area (Å²) in [6.45, 7) is 4.21. The number of aliphatic hydroxyl groups is 1. The Kier molecular flexibility index (Phi) is 3.77. The summed E-state index contributed by atoms with van der Waals surface area (Å²) in [6.07, 6.45) is 4.33. The van der Waals surface area contributed by atoms with Gasteiger partial charge in [0.05, 0.1) is 12.5 Å². The molecule has 1 aliphatic heterocycles. The first-order valence-corrected chi connectivity index (χ1v) is 5.47. The molecule has 0 saturated carbocycles. The van der Waals surface area contributed by atoms with Gasteiger partial charge in [0.15, 0.2) is 0 Å². The molecule has 0 aliphatic carbocycles. The molecular weight excluding hydrogens is 192 g/mol. The molecule has 1 saturated heterocycles. The zero-order valence-corrected chi connectivity index (χ0v) is 8.85. The molecule has 1 aromatic heterocycles. The molecule has 0 amide bonds. The number of piperazine rings is 1. The van der Waals surface area contributed by atoms with Crippen LogP contribution in [0.5, 0.6) is 0 Å². The van der Waals surface area contributed by atoms with E-state index in [4.69, 9.17) is 9.52 Å². The smallest absolute Gasteiger partial charge is 0.0947 e. The van der Waals surface area contributed by atoms with Gasteiger partial charge >= 0.3 is 0 Å². The maximum absolute atomic E-state index is 8.99. The molecule has 84 valence electrons. The number of hydrogen-bond donors (Lipinski definition) is 2. The van der Waals surface area contributed by atoms with Gasteiger partial charge < -0.3 is 14.8 Å². The van der Waals surface area contributed by atoms with Crippen LogP contribution in [-0.4, -0.2) is 42.3 Å². The quantitative estimate of drug-likeness (QED) is 0.757.